The second-order valence-corrected chi connectivity index (χ2v) is 6.61. The largest absolute Gasteiger partial charge is 0.489 e. The summed E-state index contributed by atoms with van der Waals surface area (Å²) < 4.78 is 5.79. The van der Waals surface area contributed by atoms with Crippen molar-refractivity contribution in [3.8, 4) is 5.75 Å². The van der Waals surface area contributed by atoms with E-state index in [2.05, 4.69) is 25.8 Å². The number of rotatable bonds is 6. The van der Waals surface area contributed by atoms with Crippen molar-refractivity contribution < 1.29 is 4.74 Å². The van der Waals surface area contributed by atoms with Gasteiger partial charge >= 0.3 is 0 Å². The van der Waals surface area contributed by atoms with Gasteiger partial charge in [0.15, 0.2) is 5.82 Å². The number of aromatic nitrogens is 3. The summed E-state index contributed by atoms with van der Waals surface area (Å²) in [6, 6.07) is 12.7. The number of ether oxygens (including phenoxy) is 1. The van der Waals surface area contributed by atoms with Crippen LogP contribution in [0.5, 0.6) is 5.75 Å². The van der Waals surface area contributed by atoms with Crippen LogP contribution in [-0.2, 0) is 0 Å². The Morgan fingerprint density at radius 1 is 1.00 bits per heavy atom. The molecule has 0 aliphatic carbocycles. The molecule has 0 saturated carbocycles. The van der Waals surface area contributed by atoms with Crippen LogP contribution in [0.3, 0.4) is 0 Å². The van der Waals surface area contributed by atoms with Gasteiger partial charge in [0, 0.05) is 15.7 Å². The fourth-order valence-corrected chi connectivity index (χ4v) is 2.76. The Balaban J connectivity index is 1.80. The van der Waals surface area contributed by atoms with E-state index >= 15 is 0 Å². The van der Waals surface area contributed by atoms with Gasteiger partial charge in [0.05, 0.1) is 18.0 Å². The fraction of sp³-hybridized carbons (Fsp3) is 0.167. The molecule has 0 amide bonds. The van der Waals surface area contributed by atoms with Crippen molar-refractivity contribution in [3.05, 3.63) is 58.7 Å². The molecule has 8 heteroatoms. The first-order valence-electron chi connectivity index (χ1n) is 7.95. The van der Waals surface area contributed by atoms with Gasteiger partial charge in [0.1, 0.15) is 5.75 Å². The smallest absolute Gasteiger partial charge is 0.249 e. The molecule has 0 bridgehead atoms. The number of hydrogen-bond donors (Lipinski definition) is 2. The first-order chi connectivity index (χ1) is 12.5. The topological polar surface area (TPSA) is 72.0 Å². The van der Waals surface area contributed by atoms with Crippen LogP contribution < -0.4 is 15.4 Å². The van der Waals surface area contributed by atoms with Gasteiger partial charge in [-0.3, -0.25) is 0 Å². The summed E-state index contributed by atoms with van der Waals surface area (Å²) in [7, 11) is 0. The van der Waals surface area contributed by atoms with Crippen molar-refractivity contribution in [1.82, 2.24) is 15.2 Å². The van der Waals surface area contributed by atoms with Gasteiger partial charge in [-0.15, -0.1) is 5.10 Å². The molecule has 0 aliphatic rings. The molecule has 0 radical (unpaired) electrons. The maximum absolute atomic E-state index is 6.01. The quantitative estimate of drug-likeness (QED) is 0.583. The van der Waals surface area contributed by atoms with E-state index in [0.717, 1.165) is 5.69 Å². The van der Waals surface area contributed by atoms with E-state index in [4.69, 9.17) is 27.9 Å². The molecule has 0 fully saturated rings. The van der Waals surface area contributed by atoms with Gasteiger partial charge < -0.3 is 15.4 Å². The fourth-order valence-electron chi connectivity index (χ4n) is 2.24. The van der Waals surface area contributed by atoms with Crippen LogP contribution in [0, 0.1) is 0 Å². The van der Waals surface area contributed by atoms with Crippen molar-refractivity contribution in [2.45, 2.75) is 20.0 Å². The Bertz CT molecular complexity index is 884. The normalized spacial score (nSPS) is 10.7. The SMILES string of the molecule is CC(C)Oc1ccccc1Nc1nncc(Nc2cc(Cl)cc(Cl)c2)n1. The maximum atomic E-state index is 6.01. The molecule has 3 aromatic rings. The van der Waals surface area contributed by atoms with E-state index in [1.54, 1.807) is 18.2 Å². The predicted octanol–water partition coefficient (Wildman–Crippen LogP) is 5.45. The highest BCUT2D eigenvalue weighted by atomic mass is 35.5. The molecular weight excluding hydrogens is 373 g/mol. The van der Waals surface area contributed by atoms with Crippen LogP contribution in [0.2, 0.25) is 10.0 Å². The number of hydrogen-bond acceptors (Lipinski definition) is 6. The zero-order valence-electron chi connectivity index (χ0n) is 14.2. The molecule has 6 nitrogen and oxygen atoms in total. The molecular formula is C18H17Cl2N5O. The average molecular weight is 390 g/mol. The summed E-state index contributed by atoms with van der Waals surface area (Å²) in [6.45, 7) is 3.94. The van der Waals surface area contributed by atoms with Crippen LogP contribution in [0.1, 0.15) is 13.8 Å². The van der Waals surface area contributed by atoms with E-state index in [1.165, 1.54) is 6.20 Å². The van der Waals surface area contributed by atoms with Crippen LogP contribution in [-0.4, -0.2) is 21.3 Å². The highest BCUT2D eigenvalue weighted by molar-refractivity contribution is 6.35. The van der Waals surface area contributed by atoms with E-state index in [0.29, 0.717) is 33.2 Å². The summed E-state index contributed by atoms with van der Waals surface area (Å²) in [5, 5.41) is 15.3. The molecule has 3 rings (SSSR count). The Morgan fingerprint density at radius 3 is 2.46 bits per heavy atom. The Hall–Kier alpha value is -2.57. The Labute approximate surface area is 161 Å². The van der Waals surface area contributed by atoms with Gasteiger partial charge in [-0.1, -0.05) is 35.3 Å². The van der Waals surface area contributed by atoms with Gasteiger partial charge in [-0.2, -0.15) is 10.1 Å². The second-order valence-electron chi connectivity index (χ2n) is 5.74. The highest BCUT2D eigenvalue weighted by Crippen LogP contribution is 2.28. The number of benzene rings is 2. The molecule has 0 spiro atoms. The van der Waals surface area contributed by atoms with Crippen LogP contribution >= 0.6 is 23.2 Å². The minimum absolute atomic E-state index is 0.0533. The van der Waals surface area contributed by atoms with Gasteiger partial charge in [0.25, 0.3) is 0 Å². The summed E-state index contributed by atoms with van der Waals surface area (Å²) in [4.78, 5) is 4.41. The molecule has 0 aliphatic heterocycles. The standard InChI is InChI=1S/C18H17Cl2N5O/c1-11(2)26-16-6-4-3-5-15(16)23-18-24-17(10-21-25-18)22-14-8-12(19)7-13(20)9-14/h3-11H,1-2H3,(H2,22,23,24,25). The van der Waals surface area contributed by atoms with Crippen molar-refractivity contribution in [1.29, 1.82) is 0 Å². The summed E-state index contributed by atoms with van der Waals surface area (Å²) in [5.74, 6) is 1.55. The molecule has 2 N–H and O–H groups in total. The highest BCUT2D eigenvalue weighted by Gasteiger charge is 2.08. The number of nitrogens with one attached hydrogen (secondary N) is 2. The van der Waals surface area contributed by atoms with E-state index in [-0.39, 0.29) is 6.10 Å². The summed E-state index contributed by atoms with van der Waals surface area (Å²) in [6.07, 6.45) is 1.56. The van der Waals surface area contributed by atoms with Gasteiger partial charge in [-0.25, -0.2) is 0 Å². The zero-order chi connectivity index (χ0) is 18.5. The third-order valence-corrected chi connectivity index (χ3v) is 3.63. The van der Waals surface area contributed by atoms with Gasteiger partial charge in [-0.05, 0) is 44.2 Å². The first-order valence-corrected chi connectivity index (χ1v) is 8.71. The first kappa shape index (κ1) is 18.2. The lowest BCUT2D eigenvalue weighted by atomic mass is 10.3. The van der Waals surface area contributed by atoms with Crippen molar-refractivity contribution in [2.24, 2.45) is 0 Å². The molecule has 2 aromatic carbocycles. The average Bonchev–Trinajstić information content (AvgIpc) is 2.55. The maximum Gasteiger partial charge on any atom is 0.249 e. The summed E-state index contributed by atoms with van der Waals surface area (Å²) in [5.41, 5.74) is 1.46. The molecule has 0 atom stereocenters. The molecule has 0 saturated heterocycles. The van der Waals surface area contributed by atoms with Gasteiger partial charge in [0.2, 0.25) is 5.95 Å². The Kier molecular flexibility index (Phi) is 5.75. The van der Waals surface area contributed by atoms with E-state index in [1.807, 2.05) is 38.1 Å². The van der Waals surface area contributed by atoms with E-state index in [9.17, 15) is 0 Å². The predicted molar refractivity (Wildman–Crippen MR) is 105 cm³/mol. The van der Waals surface area contributed by atoms with Crippen LogP contribution in [0.25, 0.3) is 0 Å². The lowest BCUT2D eigenvalue weighted by molar-refractivity contribution is 0.244. The summed E-state index contributed by atoms with van der Waals surface area (Å²) >= 11 is 12.0. The molecule has 134 valence electrons. The number of nitrogens with zero attached hydrogens (tertiary/aromatic N) is 3. The van der Waals surface area contributed by atoms with Crippen LogP contribution in [0.4, 0.5) is 23.1 Å². The second kappa shape index (κ2) is 8.21. The minimum atomic E-state index is 0.0533. The molecule has 0 unspecified atom stereocenters. The Morgan fingerprint density at radius 2 is 1.73 bits per heavy atom. The minimum Gasteiger partial charge on any atom is -0.489 e. The van der Waals surface area contributed by atoms with Crippen molar-refractivity contribution in [3.63, 3.8) is 0 Å². The van der Waals surface area contributed by atoms with E-state index < -0.39 is 0 Å². The number of para-hydroxylation sites is 2. The third kappa shape index (κ3) is 4.97. The lowest BCUT2D eigenvalue weighted by Gasteiger charge is -2.14. The monoisotopic (exact) mass is 389 g/mol. The number of halogens is 2. The zero-order valence-corrected chi connectivity index (χ0v) is 15.7. The molecule has 1 heterocycles. The van der Waals surface area contributed by atoms with Crippen LogP contribution in [0.15, 0.2) is 48.7 Å². The van der Waals surface area contributed by atoms with Crippen molar-refractivity contribution >= 4 is 46.3 Å². The lowest BCUT2D eigenvalue weighted by Crippen LogP contribution is -2.08. The third-order valence-electron chi connectivity index (χ3n) is 3.19. The van der Waals surface area contributed by atoms with Crippen molar-refractivity contribution in [2.75, 3.05) is 10.6 Å². The molecule has 26 heavy (non-hydrogen) atoms. The number of anilines is 4. The molecule has 1 aromatic heterocycles.